The summed E-state index contributed by atoms with van der Waals surface area (Å²) in [6, 6.07) is 25.3. The van der Waals surface area contributed by atoms with Crippen LogP contribution in [0.5, 0.6) is 0 Å². The molecule has 0 bridgehead atoms. The quantitative estimate of drug-likeness (QED) is 0.321. The van der Waals surface area contributed by atoms with E-state index in [0.717, 1.165) is 26.9 Å². The van der Waals surface area contributed by atoms with Gasteiger partial charge in [0.25, 0.3) is 5.91 Å². The third-order valence-electron chi connectivity index (χ3n) is 5.73. The number of furan rings is 1. The van der Waals surface area contributed by atoms with Crippen LogP contribution in [-0.2, 0) is 16.6 Å². The summed E-state index contributed by atoms with van der Waals surface area (Å²) in [4.78, 5) is 12.8. The Bertz CT molecular complexity index is 1660. The number of sulfonamides is 1. The molecule has 0 aliphatic carbocycles. The van der Waals surface area contributed by atoms with Crippen molar-refractivity contribution in [1.82, 2.24) is 0 Å². The van der Waals surface area contributed by atoms with Crippen LogP contribution in [0.1, 0.15) is 15.9 Å². The molecule has 0 fully saturated rings. The van der Waals surface area contributed by atoms with E-state index in [4.69, 9.17) is 4.42 Å². The van der Waals surface area contributed by atoms with E-state index in [-0.39, 0.29) is 18.0 Å². The van der Waals surface area contributed by atoms with Gasteiger partial charge in [-0.25, -0.2) is 12.8 Å². The lowest BCUT2D eigenvalue weighted by atomic mass is 10.1. The average Bonchev–Trinajstić information content (AvgIpc) is 3.20. The van der Waals surface area contributed by atoms with Crippen LogP contribution in [0, 0.1) is 5.82 Å². The first kappa shape index (κ1) is 22.6. The Balaban J connectivity index is 1.36. The van der Waals surface area contributed by atoms with Crippen molar-refractivity contribution >= 4 is 49.2 Å². The van der Waals surface area contributed by atoms with E-state index in [0.29, 0.717) is 22.5 Å². The fourth-order valence-corrected chi connectivity index (χ4v) is 4.85. The van der Waals surface area contributed by atoms with Crippen molar-refractivity contribution < 1.29 is 22.0 Å². The van der Waals surface area contributed by atoms with Gasteiger partial charge in [-0.05, 0) is 48.5 Å². The minimum Gasteiger partial charge on any atom is -0.456 e. The number of nitrogens with zero attached hydrogens (tertiary/aromatic N) is 1. The smallest absolute Gasteiger partial charge is 0.255 e. The first-order valence-electron chi connectivity index (χ1n) is 10.8. The summed E-state index contributed by atoms with van der Waals surface area (Å²) in [7, 11) is -3.69. The van der Waals surface area contributed by atoms with Gasteiger partial charge < -0.3 is 9.73 Å². The molecule has 6 nitrogen and oxygen atoms in total. The molecule has 0 saturated carbocycles. The van der Waals surface area contributed by atoms with Gasteiger partial charge in [0.1, 0.15) is 17.0 Å². The SMILES string of the molecule is CS(=O)(=O)N(Cc1ccccc1F)c1ccc(C(=O)Nc2ccc3c(c2)oc2ccccc23)cc1. The fourth-order valence-electron chi connectivity index (χ4n) is 3.97. The summed E-state index contributed by atoms with van der Waals surface area (Å²) in [6.45, 7) is -0.158. The monoisotopic (exact) mass is 488 g/mol. The van der Waals surface area contributed by atoms with Gasteiger partial charge >= 0.3 is 0 Å². The van der Waals surface area contributed by atoms with E-state index in [1.165, 1.54) is 36.4 Å². The molecule has 4 aromatic carbocycles. The van der Waals surface area contributed by atoms with Crippen molar-refractivity contribution in [3.05, 3.63) is 108 Å². The van der Waals surface area contributed by atoms with Gasteiger partial charge in [0.15, 0.2) is 0 Å². The van der Waals surface area contributed by atoms with E-state index in [9.17, 15) is 17.6 Å². The highest BCUT2D eigenvalue weighted by Gasteiger charge is 2.20. The van der Waals surface area contributed by atoms with Crippen LogP contribution in [0.25, 0.3) is 21.9 Å². The number of hydrogen-bond donors (Lipinski definition) is 1. The second-order valence-electron chi connectivity index (χ2n) is 8.17. The first-order valence-corrected chi connectivity index (χ1v) is 12.7. The number of anilines is 2. The molecule has 176 valence electrons. The van der Waals surface area contributed by atoms with Crippen LogP contribution in [-0.4, -0.2) is 20.6 Å². The molecular weight excluding hydrogens is 467 g/mol. The minimum atomic E-state index is -3.69. The van der Waals surface area contributed by atoms with Crippen LogP contribution in [0.15, 0.2) is 95.4 Å². The molecule has 8 heteroatoms. The van der Waals surface area contributed by atoms with Crippen molar-refractivity contribution in [3.8, 4) is 0 Å². The summed E-state index contributed by atoms with van der Waals surface area (Å²) < 4.78 is 45.9. The zero-order valence-electron chi connectivity index (χ0n) is 18.7. The Labute approximate surface area is 201 Å². The van der Waals surface area contributed by atoms with Crippen molar-refractivity contribution in [1.29, 1.82) is 0 Å². The first-order chi connectivity index (χ1) is 16.8. The topological polar surface area (TPSA) is 79.6 Å². The average molecular weight is 489 g/mol. The molecule has 5 rings (SSSR count). The maximum Gasteiger partial charge on any atom is 0.255 e. The van der Waals surface area contributed by atoms with Crippen molar-refractivity contribution in [2.45, 2.75) is 6.54 Å². The fraction of sp³-hybridized carbons (Fsp3) is 0.0741. The number of amides is 1. The molecule has 0 radical (unpaired) electrons. The standard InChI is InChI=1S/C27H21FN2O4S/c1-35(32,33)30(17-19-6-2-4-8-24(19)28)21-13-10-18(11-14-21)27(31)29-20-12-15-23-22-7-3-5-9-25(22)34-26(23)16-20/h2-16H,17H2,1H3,(H,29,31). The van der Waals surface area contributed by atoms with Gasteiger partial charge in [-0.3, -0.25) is 9.10 Å². The molecule has 0 aliphatic rings. The summed E-state index contributed by atoms with van der Waals surface area (Å²) in [5.74, 6) is -0.842. The second kappa shape index (κ2) is 8.88. The third kappa shape index (κ3) is 4.61. The number of hydrogen-bond acceptors (Lipinski definition) is 4. The molecule has 5 aromatic rings. The third-order valence-corrected chi connectivity index (χ3v) is 6.87. The number of halogens is 1. The number of para-hydroxylation sites is 1. The van der Waals surface area contributed by atoms with Crippen LogP contribution in [0.4, 0.5) is 15.8 Å². The summed E-state index contributed by atoms with van der Waals surface area (Å²) >= 11 is 0. The number of carbonyl (C=O) groups is 1. The van der Waals surface area contributed by atoms with Gasteiger partial charge in [-0.2, -0.15) is 0 Å². The lowest BCUT2D eigenvalue weighted by Crippen LogP contribution is -2.29. The number of nitrogens with one attached hydrogen (secondary N) is 1. The number of fused-ring (bicyclic) bond motifs is 3. The molecule has 0 saturated heterocycles. The van der Waals surface area contributed by atoms with E-state index in [1.54, 1.807) is 24.3 Å². The second-order valence-corrected chi connectivity index (χ2v) is 10.1. The normalized spacial score (nSPS) is 11.6. The highest BCUT2D eigenvalue weighted by molar-refractivity contribution is 7.92. The van der Waals surface area contributed by atoms with E-state index in [1.807, 2.05) is 30.3 Å². The zero-order valence-corrected chi connectivity index (χ0v) is 19.6. The predicted molar refractivity (Wildman–Crippen MR) is 136 cm³/mol. The molecule has 1 aromatic heterocycles. The molecule has 1 N–H and O–H groups in total. The molecule has 0 atom stereocenters. The molecule has 0 aliphatic heterocycles. The van der Waals surface area contributed by atoms with Crippen molar-refractivity contribution in [2.75, 3.05) is 15.9 Å². The van der Waals surface area contributed by atoms with Crippen LogP contribution in [0.2, 0.25) is 0 Å². The molecule has 0 spiro atoms. The Morgan fingerprint density at radius 3 is 2.31 bits per heavy atom. The van der Waals surface area contributed by atoms with Gasteiger partial charge in [0.05, 0.1) is 18.5 Å². The van der Waals surface area contributed by atoms with Gasteiger partial charge in [-0.1, -0.05) is 36.4 Å². The number of rotatable bonds is 6. The predicted octanol–water partition coefficient (Wildman–Crippen LogP) is 5.94. The summed E-state index contributed by atoms with van der Waals surface area (Å²) in [5.41, 5.74) is 2.93. The van der Waals surface area contributed by atoms with Crippen LogP contribution < -0.4 is 9.62 Å². The highest BCUT2D eigenvalue weighted by Crippen LogP contribution is 2.30. The number of benzene rings is 4. The molecule has 1 heterocycles. The van der Waals surface area contributed by atoms with E-state index >= 15 is 0 Å². The largest absolute Gasteiger partial charge is 0.456 e. The van der Waals surface area contributed by atoms with Gasteiger partial charge in [-0.15, -0.1) is 0 Å². The summed E-state index contributed by atoms with van der Waals surface area (Å²) in [5, 5.41) is 4.80. The van der Waals surface area contributed by atoms with Crippen LogP contribution in [0.3, 0.4) is 0 Å². The molecule has 35 heavy (non-hydrogen) atoms. The van der Waals surface area contributed by atoms with Crippen LogP contribution >= 0.6 is 0 Å². The lowest BCUT2D eigenvalue weighted by Gasteiger charge is -2.23. The molecule has 1 amide bonds. The van der Waals surface area contributed by atoms with Crippen molar-refractivity contribution in [3.63, 3.8) is 0 Å². The Kier molecular flexibility index (Phi) is 5.74. The van der Waals surface area contributed by atoms with Gasteiger partial charge in [0.2, 0.25) is 10.0 Å². The summed E-state index contributed by atoms with van der Waals surface area (Å²) in [6.07, 6.45) is 1.06. The maximum absolute atomic E-state index is 14.1. The van der Waals surface area contributed by atoms with E-state index < -0.39 is 15.8 Å². The van der Waals surface area contributed by atoms with E-state index in [2.05, 4.69) is 5.32 Å². The Morgan fingerprint density at radius 1 is 0.886 bits per heavy atom. The lowest BCUT2D eigenvalue weighted by molar-refractivity contribution is 0.102. The van der Waals surface area contributed by atoms with Gasteiger partial charge in [0, 0.05) is 33.7 Å². The number of carbonyl (C=O) groups excluding carboxylic acids is 1. The highest BCUT2D eigenvalue weighted by atomic mass is 32.2. The minimum absolute atomic E-state index is 0.158. The van der Waals surface area contributed by atoms with Crippen molar-refractivity contribution in [2.24, 2.45) is 0 Å². The Hall–Kier alpha value is -4.17. The molecular formula is C27H21FN2O4S. The Morgan fingerprint density at radius 2 is 1.57 bits per heavy atom. The maximum atomic E-state index is 14.1. The molecule has 0 unspecified atom stereocenters. The zero-order chi connectivity index (χ0) is 24.6.